The van der Waals surface area contributed by atoms with Crippen LogP contribution in [0.5, 0.6) is 0 Å². The number of hydrogen-bond donors (Lipinski definition) is 1. The van der Waals surface area contributed by atoms with Gasteiger partial charge in [-0.2, -0.15) is 0 Å². The minimum atomic E-state index is -0.540. The molecule has 1 saturated heterocycles. The Morgan fingerprint density at radius 3 is 2.81 bits per heavy atom. The highest BCUT2D eigenvalue weighted by atomic mass is 35.5. The molecule has 1 heterocycles. The zero-order valence-electron chi connectivity index (χ0n) is 8.90. The highest BCUT2D eigenvalue weighted by Crippen LogP contribution is 2.23. The van der Waals surface area contributed by atoms with Crippen molar-refractivity contribution in [2.75, 3.05) is 13.1 Å². The summed E-state index contributed by atoms with van der Waals surface area (Å²) in [5, 5.41) is 3.11. The Labute approximate surface area is 98.8 Å². The average Bonchev–Trinajstić information content (AvgIpc) is 2.27. The maximum absolute atomic E-state index is 13.5. The number of piperidine rings is 1. The first-order valence-corrected chi connectivity index (χ1v) is 5.89. The van der Waals surface area contributed by atoms with Crippen molar-refractivity contribution in [3.63, 3.8) is 0 Å². The predicted molar refractivity (Wildman–Crippen MR) is 60.7 cm³/mol. The zero-order valence-corrected chi connectivity index (χ0v) is 9.66. The largest absolute Gasteiger partial charge is 0.316 e. The van der Waals surface area contributed by atoms with E-state index in [9.17, 15) is 8.78 Å². The van der Waals surface area contributed by atoms with E-state index in [0.29, 0.717) is 17.9 Å². The fourth-order valence-electron chi connectivity index (χ4n) is 2.13. The fourth-order valence-corrected chi connectivity index (χ4v) is 2.28. The Balaban J connectivity index is 2.11. The highest BCUT2D eigenvalue weighted by molar-refractivity contribution is 6.30. The lowest BCUT2D eigenvalue weighted by molar-refractivity contribution is 0.371. The Morgan fingerprint density at radius 2 is 2.12 bits per heavy atom. The van der Waals surface area contributed by atoms with Crippen molar-refractivity contribution in [2.45, 2.75) is 19.3 Å². The third kappa shape index (κ3) is 2.71. The van der Waals surface area contributed by atoms with Gasteiger partial charge in [-0.3, -0.25) is 0 Å². The summed E-state index contributed by atoms with van der Waals surface area (Å²) in [4.78, 5) is 0. The quantitative estimate of drug-likeness (QED) is 0.790. The van der Waals surface area contributed by atoms with Gasteiger partial charge in [-0.15, -0.1) is 0 Å². The van der Waals surface area contributed by atoms with Crippen LogP contribution < -0.4 is 5.32 Å². The first kappa shape index (κ1) is 11.8. The van der Waals surface area contributed by atoms with Crippen LogP contribution in [0.4, 0.5) is 8.78 Å². The van der Waals surface area contributed by atoms with E-state index in [4.69, 9.17) is 11.6 Å². The molecule has 88 valence electrons. The number of halogens is 3. The molecule has 1 aliphatic rings. The third-order valence-corrected chi connectivity index (χ3v) is 3.29. The summed E-state index contributed by atoms with van der Waals surface area (Å²) >= 11 is 5.50. The van der Waals surface area contributed by atoms with E-state index in [-0.39, 0.29) is 5.02 Å². The van der Waals surface area contributed by atoms with Gasteiger partial charge in [-0.1, -0.05) is 11.6 Å². The van der Waals surface area contributed by atoms with Gasteiger partial charge in [0.2, 0.25) is 0 Å². The van der Waals surface area contributed by atoms with Gasteiger partial charge in [-0.25, -0.2) is 8.78 Å². The van der Waals surface area contributed by atoms with Gasteiger partial charge in [0.05, 0.1) is 5.02 Å². The van der Waals surface area contributed by atoms with Crippen LogP contribution in [0.1, 0.15) is 18.4 Å². The summed E-state index contributed by atoms with van der Waals surface area (Å²) < 4.78 is 26.7. The van der Waals surface area contributed by atoms with Gasteiger partial charge in [0.15, 0.2) is 0 Å². The normalized spacial score (nSPS) is 21.1. The molecule has 1 N–H and O–H groups in total. The summed E-state index contributed by atoms with van der Waals surface area (Å²) in [5.41, 5.74) is 0.426. The predicted octanol–water partition coefficient (Wildman–Crippen LogP) is 3.16. The maximum atomic E-state index is 13.5. The van der Waals surface area contributed by atoms with Crippen LogP contribution in [0.15, 0.2) is 12.1 Å². The molecule has 1 unspecified atom stereocenters. The maximum Gasteiger partial charge on any atom is 0.142 e. The monoisotopic (exact) mass is 245 g/mol. The van der Waals surface area contributed by atoms with Crippen LogP contribution in [0.2, 0.25) is 5.02 Å². The molecule has 1 aromatic rings. The van der Waals surface area contributed by atoms with Gasteiger partial charge in [-0.05, 0) is 56.0 Å². The Bertz CT molecular complexity index is 376. The molecule has 2 rings (SSSR count). The number of hydrogen-bond acceptors (Lipinski definition) is 1. The van der Waals surface area contributed by atoms with E-state index >= 15 is 0 Å². The Kier molecular flexibility index (Phi) is 3.77. The van der Waals surface area contributed by atoms with Crippen LogP contribution in [0.25, 0.3) is 0 Å². The van der Waals surface area contributed by atoms with Crippen LogP contribution in [0.3, 0.4) is 0 Å². The van der Waals surface area contributed by atoms with Crippen LogP contribution in [-0.2, 0) is 6.42 Å². The molecule has 0 spiro atoms. The molecule has 0 amide bonds. The molecule has 0 aliphatic carbocycles. The molecule has 0 saturated carbocycles. The molecule has 1 fully saturated rings. The average molecular weight is 246 g/mol. The van der Waals surface area contributed by atoms with Crippen LogP contribution >= 0.6 is 11.6 Å². The van der Waals surface area contributed by atoms with E-state index in [0.717, 1.165) is 32.0 Å². The van der Waals surface area contributed by atoms with Gasteiger partial charge in [0.1, 0.15) is 11.6 Å². The van der Waals surface area contributed by atoms with E-state index in [1.165, 1.54) is 6.07 Å². The number of benzene rings is 1. The second-order valence-electron chi connectivity index (χ2n) is 4.27. The lowest BCUT2D eigenvalue weighted by Gasteiger charge is -2.22. The first-order valence-electron chi connectivity index (χ1n) is 5.51. The summed E-state index contributed by atoms with van der Waals surface area (Å²) in [6.07, 6.45) is 2.74. The molecule has 1 aromatic carbocycles. The highest BCUT2D eigenvalue weighted by Gasteiger charge is 2.16. The van der Waals surface area contributed by atoms with E-state index in [1.54, 1.807) is 0 Å². The van der Waals surface area contributed by atoms with Crippen molar-refractivity contribution in [3.05, 3.63) is 34.4 Å². The smallest absolute Gasteiger partial charge is 0.142 e. The molecule has 4 heteroatoms. The fraction of sp³-hybridized carbons (Fsp3) is 0.500. The summed E-state index contributed by atoms with van der Waals surface area (Å²) in [7, 11) is 0. The Hall–Kier alpha value is -0.670. The van der Waals surface area contributed by atoms with Crippen molar-refractivity contribution >= 4 is 11.6 Å². The standard InChI is InChI=1S/C12H14ClF2N/c13-10-6-11(14)9(5-12(10)15)4-8-2-1-3-16-7-8/h5-6,8,16H,1-4,7H2. The Morgan fingerprint density at radius 1 is 1.31 bits per heavy atom. The molecule has 0 radical (unpaired) electrons. The summed E-state index contributed by atoms with van der Waals surface area (Å²) in [5.74, 6) is -0.553. The SMILES string of the molecule is Fc1cc(CC2CCCNC2)c(F)cc1Cl. The summed E-state index contributed by atoms with van der Waals surface area (Å²) in [6, 6.07) is 2.27. The molecule has 16 heavy (non-hydrogen) atoms. The molecule has 1 aliphatic heterocycles. The topological polar surface area (TPSA) is 12.0 Å². The molecule has 0 bridgehead atoms. The van der Waals surface area contributed by atoms with E-state index in [1.807, 2.05) is 0 Å². The molecule has 1 atom stereocenters. The van der Waals surface area contributed by atoms with Crippen molar-refractivity contribution in [2.24, 2.45) is 5.92 Å². The van der Waals surface area contributed by atoms with Gasteiger partial charge >= 0.3 is 0 Å². The minimum Gasteiger partial charge on any atom is -0.316 e. The van der Waals surface area contributed by atoms with Crippen molar-refractivity contribution in [3.8, 4) is 0 Å². The molecular formula is C12H14ClF2N. The zero-order chi connectivity index (χ0) is 11.5. The molecule has 1 nitrogen and oxygen atoms in total. The van der Waals surface area contributed by atoms with Crippen molar-refractivity contribution < 1.29 is 8.78 Å². The molecular weight excluding hydrogens is 232 g/mol. The van der Waals surface area contributed by atoms with E-state index < -0.39 is 11.6 Å². The van der Waals surface area contributed by atoms with Crippen LogP contribution in [-0.4, -0.2) is 13.1 Å². The van der Waals surface area contributed by atoms with Gasteiger partial charge in [0, 0.05) is 0 Å². The second kappa shape index (κ2) is 5.11. The second-order valence-corrected chi connectivity index (χ2v) is 4.68. The molecule has 0 aromatic heterocycles. The number of rotatable bonds is 2. The van der Waals surface area contributed by atoms with Gasteiger partial charge in [0.25, 0.3) is 0 Å². The summed E-state index contributed by atoms with van der Waals surface area (Å²) in [6.45, 7) is 1.90. The lowest BCUT2D eigenvalue weighted by Crippen LogP contribution is -2.31. The van der Waals surface area contributed by atoms with Crippen molar-refractivity contribution in [1.82, 2.24) is 5.32 Å². The van der Waals surface area contributed by atoms with E-state index in [2.05, 4.69) is 5.32 Å². The van der Waals surface area contributed by atoms with Crippen LogP contribution in [0, 0.1) is 17.6 Å². The van der Waals surface area contributed by atoms with Crippen molar-refractivity contribution in [1.29, 1.82) is 0 Å². The number of nitrogens with one attached hydrogen (secondary N) is 1. The first-order chi connectivity index (χ1) is 7.66. The third-order valence-electron chi connectivity index (χ3n) is 3.00. The van der Waals surface area contributed by atoms with Gasteiger partial charge < -0.3 is 5.32 Å². The lowest BCUT2D eigenvalue weighted by atomic mass is 9.92. The minimum absolute atomic E-state index is 0.150.